The third-order valence-corrected chi connectivity index (χ3v) is 4.24. The summed E-state index contributed by atoms with van der Waals surface area (Å²) < 4.78 is 5.31. The third kappa shape index (κ3) is 14.4. The normalized spacial score (nSPS) is 35.4. The Morgan fingerprint density at radius 3 is 2.31 bits per heavy atom. The van der Waals surface area contributed by atoms with Gasteiger partial charge in [-0.05, 0) is 39.0 Å². The maximum atomic E-state index is 11.7. The van der Waals surface area contributed by atoms with E-state index in [2.05, 4.69) is 0 Å². The Labute approximate surface area is 174 Å². The Bertz CT molecular complexity index is 627. The summed E-state index contributed by atoms with van der Waals surface area (Å²) in [4.78, 5) is 11.7. The van der Waals surface area contributed by atoms with Crippen LogP contribution in [0.25, 0.3) is 0 Å². The van der Waals surface area contributed by atoms with E-state index in [1.165, 1.54) is 6.08 Å². The molecule has 0 aromatic rings. The molecule has 5 nitrogen and oxygen atoms in total. The van der Waals surface area contributed by atoms with Crippen molar-refractivity contribution >= 4 is 5.97 Å². The summed E-state index contributed by atoms with van der Waals surface area (Å²) in [5, 5.41) is 29.8. The van der Waals surface area contributed by atoms with E-state index in [1.54, 1.807) is 54.7 Å². The molecule has 5 heteroatoms. The molecule has 0 saturated carbocycles. The second-order valence-electron chi connectivity index (χ2n) is 7.09. The molecule has 1 heterocycles. The smallest absolute Gasteiger partial charge is 0.331 e. The van der Waals surface area contributed by atoms with Gasteiger partial charge in [0.05, 0.1) is 24.4 Å². The number of carbonyl (C=O) groups is 1. The van der Waals surface area contributed by atoms with Crippen molar-refractivity contribution in [2.75, 3.05) is 0 Å². The van der Waals surface area contributed by atoms with Gasteiger partial charge < -0.3 is 20.1 Å². The van der Waals surface area contributed by atoms with Gasteiger partial charge in [0.2, 0.25) is 0 Å². The van der Waals surface area contributed by atoms with Crippen LogP contribution in [0.4, 0.5) is 0 Å². The molecular weight excluding hydrogens is 368 g/mol. The van der Waals surface area contributed by atoms with Gasteiger partial charge in [-0.1, -0.05) is 66.8 Å². The van der Waals surface area contributed by atoms with E-state index in [0.29, 0.717) is 12.8 Å². The number of hydrogen-bond donors (Lipinski definition) is 3. The van der Waals surface area contributed by atoms with Gasteiger partial charge in [-0.2, -0.15) is 0 Å². The van der Waals surface area contributed by atoms with E-state index in [-0.39, 0.29) is 18.5 Å². The number of aliphatic hydroxyl groups excluding tert-OH is 3. The van der Waals surface area contributed by atoms with Crippen molar-refractivity contribution in [3.63, 3.8) is 0 Å². The van der Waals surface area contributed by atoms with Gasteiger partial charge in [0.1, 0.15) is 0 Å². The maximum absolute atomic E-state index is 11.7. The van der Waals surface area contributed by atoms with Crippen molar-refractivity contribution < 1.29 is 24.9 Å². The van der Waals surface area contributed by atoms with Crippen LogP contribution < -0.4 is 0 Å². The van der Waals surface area contributed by atoms with Crippen LogP contribution in [0.1, 0.15) is 45.4 Å². The molecular formula is C24H34O5. The number of rotatable bonds is 0. The first-order valence-electron chi connectivity index (χ1n) is 10.2. The topological polar surface area (TPSA) is 87.0 Å². The zero-order chi connectivity index (χ0) is 21.3. The standard InChI is InChI=1S/C24H34O5/c1-20-13-7-3-2-4-8-16-22(26)19-23(27)17-11-5-9-14-21(25)15-10-6-12-18-24(28)29-20/h2,4-6,8-12,14,16,18,20-23,25-27H,3,7,13,15,17,19H2,1H3/b4-2-,10-6+,11-5-,14-9+,16-8+,18-12-/t20-,21-,22+,23+/m1/s1. The summed E-state index contributed by atoms with van der Waals surface area (Å²) in [7, 11) is 0. The molecule has 0 radical (unpaired) electrons. The first-order chi connectivity index (χ1) is 14.0. The van der Waals surface area contributed by atoms with Gasteiger partial charge >= 0.3 is 5.97 Å². The largest absolute Gasteiger partial charge is 0.460 e. The summed E-state index contributed by atoms with van der Waals surface area (Å²) >= 11 is 0. The lowest BCUT2D eigenvalue weighted by Crippen LogP contribution is -2.14. The van der Waals surface area contributed by atoms with Crippen LogP contribution in [-0.4, -0.2) is 45.7 Å². The Balaban J connectivity index is 2.66. The van der Waals surface area contributed by atoms with Crippen LogP contribution in [0.5, 0.6) is 0 Å². The van der Waals surface area contributed by atoms with E-state index in [0.717, 1.165) is 19.3 Å². The van der Waals surface area contributed by atoms with Crippen LogP contribution >= 0.6 is 0 Å². The van der Waals surface area contributed by atoms with Crippen LogP contribution in [-0.2, 0) is 9.53 Å². The first kappa shape index (κ1) is 24.8. The van der Waals surface area contributed by atoms with Crippen molar-refractivity contribution in [2.24, 2.45) is 0 Å². The van der Waals surface area contributed by atoms with Crippen molar-refractivity contribution in [1.82, 2.24) is 0 Å². The number of aliphatic hydroxyl groups is 3. The van der Waals surface area contributed by atoms with Crippen LogP contribution in [0.3, 0.4) is 0 Å². The van der Waals surface area contributed by atoms with Crippen molar-refractivity contribution in [3.05, 3.63) is 72.9 Å². The van der Waals surface area contributed by atoms with Gasteiger partial charge in [-0.15, -0.1) is 0 Å². The minimum Gasteiger partial charge on any atom is -0.460 e. The van der Waals surface area contributed by atoms with Crippen LogP contribution in [0, 0.1) is 0 Å². The van der Waals surface area contributed by atoms with Crippen molar-refractivity contribution in [3.8, 4) is 0 Å². The lowest BCUT2D eigenvalue weighted by Gasteiger charge is -2.10. The van der Waals surface area contributed by atoms with Gasteiger partial charge in [0.15, 0.2) is 0 Å². The summed E-state index contributed by atoms with van der Waals surface area (Å²) in [6.07, 6.45) is 22.2. The Kier molecular flexibility index (Phi) is 13.4. The summed E-state index contributed by atoms with van der Waals surface area (Å²) in [5.41, 5.74) is 0. The Morgan fingerprint density at radius 2 is 1.52 bits per heavy atom. The third-order valence-electron chi connectivity index (χ3n) is 4.24. The molecule has 0 aromatic carbocycles. The molecule has 0 aliphatic carbocycles. The fourth-order valence-electron chi connectivity index (χ4n) is 2.66. The molecule has 1 rings (SSSR count). The number of carbonyl (C=O) groups excluding carboxylic acids is 1. The van der Waals surface area contributed by atoms with Crippen LogP contribution in [0.2, 0.25) is 0 Å². The molecule has 0 bridgehead atoms. The molecule has 0 saturated heterocycles. The first-order valence-corrected chi connectivity index (χ1v) is 10.2. The molecule has 0 fully saturated rings. The number of cyclic esters (lactones) is 1. The molecule has 160 valence electrons. The quantitative estimate of drug-likeness (QED) is 0.538. The predicted octanol–water partition coefficient (Wildman–Crippen LogP) is 3.69. The van der Waals surface area contributed by atoms with Gasteiger partial charge in [0.25, 0.3) is 0 Å². The fourth-order valence-corrected chi connectivity index (χ4v) is 2.66. The highest BCUT2D eigenvalue weighted by Gasteiger charge is 2.07. The highest BCUT2D eigenvalue weighted by Crippen LogP contribution is 2.08. The second kappa shape index (κ2) is 15.7. The number of hydrogen-bond acceptors (Lipinski definition) is 5. The predicted molar refractivity (Wildman–Crippen MR) is 116 cm³/mol. The summed E-state index contributed by atoms with van der Waals surface area (Å²) in [6, 6.07) is 0. The SMILES string of the molecule is C[C@@H]1CCC/C=C\C=C\[C@H](O)C[C@@H](O)C/C=C\C=C\[C@@H](O)C/C=C/C=C\C(=O)O1. The number of esters is 1. The lowest BCUT2D eigenvalue weighted by atomic mass is 10.1. The van der Waals surface area contributed by atoms with Crippen molar-refractivity contribution in [1.29, 1.82) is 0 Å². The van der Waals surface area contributed by atoms with E-state index in [4.69, 9.17) is 4.74 Å². The molecule has 4 atom stereocenters. The van der Waals surface area contributed by atoms with Crippen LogP contribution in [0.15, 0.2) is 72.9 Å². The zero-order valence-electron chi connectivity index (χ0n) is 17.1. The number of ether oxygens (including phenoxy) is 1. The van der Waals surface area contributed by atoms with E-state index in [9.17, 15) is 20.1 Å². The summed E-state index contributed by atoms with van der Waals surface area (Å²) in [5.74, 6) is -0.378. The zero-order valence-corrected chi connectivity index (χ0v) is 17.1. The summed E-state index contributed by atoms with van der Waals surface area (Å²) in [6.45, 7) is 1.87. The highest BCUT2D eigenvalue weighted by atomic mass is 16.5. The lowest BCUT2D eigenvalue weighted by molar-refractivity contribution is -0.142. The average molecular weight is 403 g/mol. The maximum Gasteiger partial charge on any atom is 0.331 e. The molecule has 0 spiro atoms. The monoisotopic (exact) mass is 402 g/mol. The van der Waals surface area contributed by atoms with Crippen molar-refractivity contribution in [2.45, 2.75) is 69.9 Å². The minimum atomic E-state index is -0.703. The molecule has 1 aliphatic heterocycles. The van der Waals surface area contributed by atoms with E-state index >= 15 is 0 Å². The Hall–Kier alpha value is -2.21. The highest BCUT2D eigenvalue weighted by molar-refractivity contribution is 5.82. The van der Waals surface area contributed by atoms with Gasteiger partial charge in [-0.3, -0.25) is 0 Å². The molecule has 0 unspecified atom stereocenters. The van der Waals surface area contributed by atoms with Gasteiger partial charge in [0, 0.05) is 12.5 Å². The molecule has 1 aliphatic rings. The number of allylic oxidation sites excluding steroid dienone is 7. The molecule has 0 aromatic heterocycles. The average Bonchev–Trinajstić information content (AvgIpc) is 2.65. The van der Waals surface area contributed by atoms with E-state index < -0.39 is 18.3 Å². The van der Waals surface area contributed by atoms with E-state index in [1.807, 2.05) is 19.1 Å². The molecule has 3 N–H and O–H groups in total. The fraction of sp³-hybridized carbons (Fsp3) is 0.458. The Morgan fingerprint density at radius 1 is 0.862 bits per heavy atom. The second-order valence-corrected chi connectivity index (χ2v) is 7.09. The minimum absolute atomic E-state index is 0.158. The molecule has 29 heavy (non-hydrogen) atoms. The van der Waals surface area contributed by atoms with Gasteiger partial charge in [-0.25, -0.2) is 4.79 Å². The molecule has 0 amide bonds.